The zero-order chi connectivity index (χ0) is 17.4. The van der Waals surface area contributed by atoms with E-state index in [1.54, 1.807) is 31.9 Å². The molecule has 1 aliphatic heterocycles. The van der Waals surface area contributed by atoms with Crippen molar-refractivity contribution >= 4 is 23.2 Å². The highest BCUT2D eigenvalue weighted by molar-refractivity contribution is 7.14. The van der Waals surface area contributed by atoms with E-state index in [-0.39, 0.29) is 22.9 Å². The number of aromatic amines is 1. The number of fused-ring (bicyclic) bond motifs is 1. The highest BCUT2D eigenvalue weighted by Gasteiger charge is 2.27. The minimum Gasteiger partial charge on any atom is -0.354 e. The van der Waals surface area contributed by atoms with Gasteiger partial charge in [0.05, 0.1) is 4.88 Å². The average Bonchev–Trinajstić information content (AvgIpc) is 2.96. The largest absolute Gasteiger partial charge is 0.354 e. The number of hydrogen-bond donors (Lipinski definition) is 2. The molecule has 126 valence electrons. The maximum Gasteiger partial charge on any atom is 0.261 e. The Kier molecular flexibility index (Phi) is 4.28. The molecule has 2 N–H and O–H groups in total. The molecule has 0 saturated heterocycles. The van der Waals surface area contributed by atoms with Crippen LogP contribution in [0.5, 0.6) is 0 Å². The number of carbonyl (C=O) groups excluding carboxylic acids is 2. The van der Waals surface area contributed by atoms with Crippen molar-refractivity contribution in [1.29, 1.82) is 0 Å². The number of carbonyl (C=O) groups is 2. The number of hydrogen-bond acceptors (Lipinski definition) is 4. The van der Waals surface area contributed by atoms with Gasteiger partial charge in [-0.15, -0.1) is 11.3 Å². The molecular weight excluding hydrogens is 326 g/mol. The molecule has 0 aliphatic carbocycles. The van der Waals surface area contributed by atoms with Crippen LogP contribution in [-0.4, -0.2) is 35.3 Å². The van der Waals surface area contributed by atoms with Gasteiger partial charge in [0.15, 0.2) is 0 Å². The average molecular weight is 345 g/mol. The number of rotatable bonds is 2. The van der Waals surface area contributed by atoms with E-state index in [2.05, 4.69) is 10.3 Å². The monoisotopic (exact) mass is 345 g/mol. The molecule has 6 nitrogen and oxygen atoms in total. The Morgan fingerprint density at radius 2 is 2.04 bits per heavy atom. The van der Waals surface area contributed by atoms with Crippen molar-refractivity contribution in [2.24, 2.45) is 0 Å². The minimum absolute atomic E-state index is 0.113. The van der Waals surface area contributed by atoms with E-state index in [1.165, 1.54) is 11.3 Å². The molecule has 24 heavy (non-hydrogen) atoms. The fraction of sp³-hybridized carbons (Fsp3) is 0.353. The van der Waals surface area contributed by atoms with Crippen LogP contribution >= 0.6 is 11.3 Å². The molecule has 0 atom stereocenters. The number of aromatic nitrogens is 1. The van der Waals surface area contributed by atoms with Crippen molar-refractivity contribution in [3.05, 3.63) is 54.6 Å². The molecule has 2 aromatic heterocycles. The fourth-order valence-corrected chi connectivity index (χ4v) is 4.13. The summed E-state index contributed by atoms with van der Waals surface area (Å²) in [4.78, 5) is 42.9. The van der Waals surface area contributed by atoms with Gasteiger partial charge in [0.1, 0.15) is 5.56 Å². The van der Waals surface area contributed by atoms with E-state index in [0.29, 0.717) is 30.0 Å². The lowest BCUT2D eigenvalue weighted by Gasteiger charge is -2.27. The zero-order valence-corrected chi connectivity index (χ0v) is 14.7. The van der Waals surface area contributed by atoms with Gasteiger partial charge in [0.2, 0.25) is 0 Å². The first kappa shape index (κ1) is 16.4. The molecule has 2 amide bonds. The van der Waals surface area contributed by atoms with E-state index in [4.69, 9.17) is 0 Å². The van der Waals surface area contributed by atoms with Crippen LogP contribution in [0.2, 0.25) is 0 Å². The number of H-pyrrole nitrogens is 1. The van der Waals surface area contributed by atoms with E-state index in [9.17, 15) is 14.4 Å². The molecular formula is C17H19N3O3S. The molecule has 7 heteroatoms. The third kappa shape index (κ3) is 2.87. The summed E-state index contributed by atoms with van der Waals surface area (Å²) >= 11 is 1.47. The van der Waals surface area contributed by atoms with E-state index in [0.717, 1.165) is 16.1 Å². The summed E-state index contributed by atoms with van der Waals surface area (Å²) in [5.74, 6) is -0.370. The fourth-order valence-electron chi connectivity index (χ4n) is 3.02. The van der Waals surface area contributed by atoms with Crippen LogP contribution in [-0.2, 0) is 13.0 Å². The molecule has 0 unspecified atom stereocenters. The van der Waals surface area contributed by atoms with Crippen molar-refractivity contribution in [1.82, 2.24) is 15.2 Å². The zero-order valence-electron chi connectivity index (χ0n) is 13.9. The second-order valence-electron chi connectivity index (χ2n) is 5.95. The third-order valence-electron chi connectivity index (χ3n) is 4.18. The molecule has 0 saturated carbocycles. The minimum atomic E-state index is -0.348. The first-order valence-electron chi connectivity index (χ1n) is 7.74. The van der Waals surface area contributed by atoms with Crippen molar-refractivity contribution in [3.8, 4) is 0 Å². The number of nitrogens with zero attached hydrogens (tertiary/aromatic N) is 1. The van der Waals surface area contributed by atoms with Gasteiger partial charge in [-0.2, -0.15) is 0 Å². The lowest BCUT2D eigenvalue weighted by molar-refractivity contribution is 0.0733. The Morgan fingerprint density at radius 3 is 2.71 bits per heavy atom. The molecule has 0 aromatic carbocycles. The molecule has 0 radical (unpaired) electrons. The molecule has 3 rings (SSSR count). The van der Waals surface area contributed by atoms with Crippen molar-refractivity contribution in [2.75, 3.05) is 13.6 Å². The third-order valence-corrected chi connectivity index (χ3v) is 5.42. The van der Waals surface area contributed by atoms with Gasteiger partial charge >= 0.3 is 0 Å². The second kappa shape index (κ2) is 6.24. The summed E-state index contributed by atoms with van der Waals surface area (Å²) in [5, 5.41) is 2.62. The summed E-state index contributed by atoms with van der Waals surface area (Å²) < 4.78 is 0. The normalized spacial score (nSPS) is 13.5. The van der Waals surface area contributed by atoms with Crippen molar-refractivity contribution in [2.45, 2.75) is 26.8 Å². The SMILES string of the molecule is CNC(=O)c1cc2c(s1)CCN(C(=O)c1c(C)cc(C)[nH]c1=O)C2. The van der Waals surface area contributed by atoms with Crippen LogP contribution in [0.25, 0.3) is 0 Å². The number of nitrogens with one attached hydrogen (secondary N) is 2. The second-order valence-corrected chi connectivity index (χ2v) is 7.09. The molecule has 0 bridgehead atoms. The van der Waals surface area contributed by atoms with Crippen molar-refractivity contribution in [3.63, 3.8) is 0 Å². The van der Waals surface area contributed by atoms with Gasteiger partial charge in [-0.1, -0.05) is 0 Å². The Morgan fingerprint density at radius 1 is 1.29 bits per heavy atom. The van der Waals surface area contributed by atoms with Gasteiger partial charge < -0.3 is 15.2 Å². The Labute approximate surface area is 143 Å². The van der Waals surface area contributed by atoms with Crippen LogP contribution in [0.3, 0.4) is 0 Å². The molecule has 0 fully saturated rings. The first-order chi connectivity index (χ1) is 11.4. The lowest BCUT2D eigenvalue weighted by atomic mass is 10.1. The Hall–Kier alpha value is -2.41. The summed E-state index contributed by atoms with van der Waals surface area (Å²) in [7, 11) is 1.60. The van der Waals surface area contributed by atoms with Gasteiger partial charge in [0.25, 0.3) is 17.4 Å². The van der Waals surface area contributed by atoms with Gasteiger partial charge in [-0.25, -0.2) is 0 Å². The molecule has 3 heterocycles. The molecule has 1 aliphatic rings. The lowest BCUT2D eigenvalue weighted by Crippen LogP contribution is -2.38. The van der Waals surface area contributed by atoms with Crippen molar-refractivity contribution < 1.29 is 9.59 Å². The predicted octanol–water partition coefficient (Wildman–Crippen LogP) is 1.61. The maximum atomic E-state index is 12.8. The number of pyridine rings is 1. The predicted molar refractivity (Wildman–Crippen MR) is 92.7 cm³/mol. The summed E-state index contributed by atoms with van der Waals surface area (Å²) in [6.45, 7) is 4.54. The smallest absolute Gasteiger partial charge is 0.261 e. The van der Waals surface area contributed by atoms with E-state index >= 15 is 0 Å². The van der Waals surface area contributed by atoms with Crippen LogP contribution in [0.15, 0.2) is 16.9 Å². The number of amides is 2. The summed E-state index contributed by atoms with van der Waals surface area (Å²) in [5.41, 5.74) is 2.26. The maximum absolute atomic E-state index is 12.8. The summed E-state index contributed by atoms with van der Waals surface area (Å²) in [6.07, 6.45) is 0.700. The quantitative estimate of drug-likeness (QED) is 0.867. The highest BCUT2D eigenvalue weighted by atomic mass is 32.1. The van der Waals surface area contributed by atoms with Gasteiger partial charge in [-0.05, 0) is 43.5 Å². The Bertz CT molecular complexity index is 882. The molecule has 0 spiro atoms. The Balaban J connectivity index is 1.88. The molecule has 2 aromatic rings. The van der Waals surface area contributed by atoms with Crippen LogP contribution < -0.4 is 10.9 Å². The highest BCUT2D eigenvalue weighted by Crippen LogP contribution is 2.28. The van der Waals surface area contributed by atoms with Crippen LogP contribution in [0.4, 0.5) is 0 Å². The topological polar surface area (TPSA) is 82.3 Å². The summed E-state index contributed by atoms with van der Waals surface area (Å²) in [6, 6.07) is 3.64. The number of thiophene rings is 1. The van der Waals surface area contributed by atoms with Gasteiger partial charge in [0, 0.05) is 30.7 Å². The standard InChI is InChI=1S/C17H19N3O3S/c1-9-6-10(2)19-16(22)14(9)17(23)20-5-4-12-11(8-20)7-13(24-12)15(21)18-3/h6-7H,4-5,8H2,1-3H3,(H,18,21)(H,19,22). The van der Waals surface area contributed by atoms with Crippen LogP contribution in [0.1, 0.15) is 41.7 Å². The first-order valence-corrected chi connectivity index (χ1v) is 8.55. The van der Waals surface area contributed by atoms with Crippen LogP contribution in [0, 0.1) is 13.8 Å². The number of aryl methyl sites for hydroxylation is 2. The van der Waals surface area contributed by atoms with E-state index < -0.39 is 0 Å². The van der Waals surface area contributed by atoms with Gasteiger partial charge in [-0.3, -0.25) is 14.4 Å². The van der Waals surface area contributed by atoms with E-state index in [1.807, 2.05) is 6.07 Å².